The maximum atomic E-state index is 12.4. The lowest BCUT2D eigenvalue weighted by atomic mass is 9.88. The fourth-order valence-electron chi connectivity index (χ4n) is 2.59. The fraction of sp³-hybridized carbons (Fsp3) is 0.529. The van der Waals surface area contributed by atoms with Crippen LogP contribution in [0.3, 0.4) is 0 Å². The molecule has 2 fully saturated rings. The zero-order valence-electron chi connectivity index (χ0n) is 13.6. The first-order chi connectivity index (χ1) is 11.0. The minimum absolute atomic E-state index is 0. The van der Waals surface area contributed by atoms with Crippen LogP contribution in [-0.4, -0.2) is 31.4 Å². The van der Waals surface area contributed by atoms with E-state index in [-0.39, 0.29) is 30.1 Å². The molecule has 1 atom stereocenters. The molecular formula is C17H23Cl2N3O2. The van der Waals surface area contributed by atoms with Crippen molar-refractivity contribution < 1.29 is 9.59 Å². The second kappa shape index (κ2) is 8.19. The van der Waals surface area contributed by atoms with Crippen molar-refractivity contribution in [3.63, 3.8) is 0 Å². The highest BCUT2D eigenvalue weighted by molar-refractivity contribution is 6.31. The number of anilines is 1. The summed E-state index contributed by atoms with van der Waals surface area (Å²) >= 11 is 6.02. The molecule has 0 bridgehead atoms. The quantitative estimate of drug-likeness (QED) is 0.719. The normalized spacial score (nSPS) is 18.1. The van der Waals surface area contributed by atoms with Gasteiger partial charge in [-0.05, 0) is 56.0 Å². The van der Waals surface area contributed by atoms with Gasteiger partial charge in [-0.1, -0.05) is 18.5 Å². The molecule has 1 saturated heterocycles. The molecule has 3 N–H and O–H groups in total. The molecule has 2 aliphatic rings. The van der Waals surface area contributed by atoms with Crippen LogP contribution in [0.2, 0.25) is 5.02 Å². The lowest BCUT2D eigenvalue weighted by molar-refractivity contribution is -0.121. The van der Waals surface area contributed by atoms with Gasteiger partial charge in [-0.2, -0.15) is 0 Å². The van der Waals surface area contributed by atoms with Crippen LogP contribution in [0.15, 0.2) is 18.2 Å². The van der Waals surface area contributed by atoms with Gasteiger partial charge in [0.15, 0.2) is 0 Å². The van der Waals surface area contributed by atoms with Crippen molar-refractivity contribution in [3.05, 3.63) is 28.8 Å². The third kappa shape index (κ3) is 4.62. The molecule has 1 aromatic rings. The third-order valence-corrected chi connectivity index (χ3v) is 4.90. The van der Waals surface area contributed by atoms with E-state index < -0.39 is 0 Å². The minimum atomic E-state index is -0.187. The fourth-order valence-corrected chi connectivity index (χ4v) is 2.76. The van der Waals surface area contributed by atoms with E-state index in [1.807, 2.05) is 6.92 Å². The van der Waals surface area contributed by atoms with Crippen molar-refractivity contribution in [3.8, 4) is 0 Å². The first kappa shape index (κ1) is 19.0. The van der Waals surface area contributed by atoms with E-state index >= 15 is 0 Å². The molecule has 1 saturated carbocycles. The van der Waals surface area contributed by atoms with Crippen molar-refractivity contribution in [2.24, 2.45) is 17.8 Å². The minimum Gasteiger partial charge on any atom is -0.352 e. The largest absolute Gasteiger partial charge is 0.352 e. The molecule has 132 valence electrons. The summed E-state index contributed by atoms with van der Waals surface area (Å²) < 4.78 is 0. The van der Waals surface area contributed by atoms with Crippen molar-refractivity contribution >= 4 is 41.5 Å². The third-order valence-electron chi connectivity index (χ3n) is 4.67. The molecular weight excluding hydrogens is 349 g/mol. The summed E-state index contributed by atoms with van der Waals surface area (Å²) in [6, 6.07) is 4.98. The summed E-state index contributed by atoms with van der Waals surface area (Å²) in [6.45, 7) is 4.33. The van der Waals surface area contributed by atoms with Crippen LogP contribution in [0.25, 0.3) is 0 Å². The van der Waals surface area contributed by atoms with Crippen LogP contribution in [0, 0.1) is 17.8 Å². The Morgan fingerprint density at radius 2 is 2.04 bits per heavy atom. The lowest BCUT2D eigenvalue weighted by Gasteiger charge is -2.31. The Kier molecular flexibility index (Phi) is 6.49. The zero-order chi connectivity index (χ0) is 16.4. The van der Waals surface area contributed by atoms with Crippen LogP contribution >= 0.6 is 24.0 Å². The first-order valence-corrected chi connectivity index (χ1v) is 8.51. The number of carbonyl (C=O) groups excluding carboxylic acids is 2. The molecule has 1 unspecified atom stereocenters. The number of halogens is 2. The number of hydrogen-bond donors (Lipinski definition) is 3. The number of benzene rings is 1. The van der Waals surface area contributed by atoms with Crippen LogP contribution in [0.1, 0.15) is 30.1 Å². The highest BCUT2D eigenvalue weighted by Crippen LogP contribution is 2.28. The highest BCUT2D eigenvalue weighted by Gasteiger charge is 2.29. The summed E-state index contributed by atoms with van der Waals surface area (Å²) in [4.78, 5) is 24.8. The Hall–Kier alpha value is -1.30. The molecule has 0 aromatic heterocycles. The molecule has 3 rings (SSSR count). The van der Waals surface area contributed by atoms with E-state index in [1.165, 1.54) is 12.8 Å². The number of rotatable bonds is 6. The molecule has 7 heteroatoms. The highest BCUT2D eigenvalue weighted by atomic mass is 35.5. The average Bonchev–Trinajstić information content (AvgIpc) is 3.28. The molecule has 1 heterocycles. The van der Waals surface area contributed by atoms with E-state index in [9.17, 15) is 9.59 Å². The lowest BCUT2D eigenvalue weighted by Crippen LogP contribution is -2.48. The Morgan fingerprint density at radius 1 is 1.33 bits per heavy atom. The summed E-state index contributed by atoms with van der Waals surface area (Å²) in [5.41, 5.74) is 0.942. The van der Waals surface area contributed by atoms with Crippen molar-refractivity contribution in [2.75, 3.05) is 25.0 Å². The second-order valence-electron chi connectivity index (χ2n) is 6.54. The molecule has 2 amide bonds. The maximum Gasteiger partial charge on any atom is 0.253 e. The summed E-state index contributed by atoms with van der Waals surface area (Å²) in [5.74, 6) is 0.619. The van der Waals surface area contributed by atoms with Crippen molar-refractivity contribution in [1.29, 1.82) is 0 Å². The van der Waals surface area contributed by atoms with Crippen LogP contribution < -0.4 is 16.0 Å². The van der Waals surface area contributed by atoms with Gasteiger partial charge in [0.25, 0.3) is 5.91 Å². The van der Waals surface area contributed by atoms with E-state index in [4.69, 9.17) is 11.6 Å². The maximum absolute atomic E-state index is 12.4. The van der Waals surface area contributed by atoms with Gasteiger partial charge < -0.3 is 16.0 Å². The number of amides is 2. The van der Waals surface area contributed by atoms with Gasteiger partial charge in [0.05, 0.1) is 11.3 Å². The van der Waals surface area contributed by atoms with Crippen LogP contribution in [-0.2, 0) is 4.79 Å². The molecule has 1 aromatic carbocycles. The smallest absolute Gasteiger partial charge is 0.253 e. The second-order valence-corrected chi connectivity index (χ2v) is 6.98. The van der Waals surface area contributed by atoms with Gasteiger partial charge >= 0.3 is 0 Å². The van der Waals surface area contributed by atoms with E-state index in [0.29, 0.717) is 34.7 Å². The van der Waals surface area contributed by atoms with Crippen LogP contribution in [0.4, 0.5) is 5.69 Å². The topological polar surface area (TPSA) is 70.2 Å². The Morgan fingerprint density at radius 3 is 2.62 bits per heavy atom. The summed E-state index contributed by atoms with van der Waals surface area (Å²) in [5, 5.41) is 9.45. The predicted molar refractivity (Wildman–Crippen MR) is 97.9 cm³/mol. The van der Waals surface area contributed by atoms with E-state index in [0.717, 1.165) is 13.1 Å². The van der Waals surface area contributed by atoms with Gasteiger partial charge in [-0.15, -0.1) is 12.4 Å². The average molecular weight is 372 g/mol. The number of nitrogens with one attached hydrogen (secondary N) is 3. The van der Waals surface area contributed by atoms with E-state index in [1.54, 1.807) is 18.2 Å². The zero-order valence-corrected chi connectivity index (χ0v) is 15.2. The molecule has 1 aliphatic heterocycles. The molecule has 24 heavy (non-hydrogen) atoms. The standard InChI is InChI=1S/C17H22ClN3O2.ClH/c1-10(12-8-19-9-12)16(22)21-15-5-4-13(18)6-14(15)17(23)20-7-11-2-3-11;/h4-6,10-12,19H,2-3,7-9H2,1H3,(H,20,23)(H,21,22);1H. The first-order valence-electron chi connectivity index (χ1n) is 8.14. The molecule has 5 nitrogen and oxygen atoms in total. The van der Waals surface area contributed by atoms with E-state index in [2.05, 4.69) is 16.0 Å². The summed E-state index contributed by atoms with van der Waals surface area (Å²) in [6.07, 6.45) is 2.35. The number of carbonyl (C=O) groups is 2. The SMILES string of the molecule is CC(C(=O)Nc1ccc(Cl)cc1C(=O)NCC1CC1)C1CNC1.Cl. The van der Waals surface area contributed by atoms with Gasteiger partial charge in [0.1, 0.15) is 0 Å². The molecule has 0 spiro atoms. The van der Waals surface area contributed by atoms with Gasteiger partial charge in [-0.3, -0.25) is 9.59 Å². The number of hydrogen-bond acceptors (Lipinski definition) is 3. The molecule has 0 radical (unpaired) electrons. The summed E-state index contributed by atoms with van der Waals surface area (Å²) in [7, 11) is 0. The Labute approximate surface area is 153 Å². The van der Waals surface area contributed by atoms with Crippen molar-refractivity contribution in [2.45, 2.75) is 19.8 Å². The van der Waals surface area contributed by atoms with Crippen LogP contribution in [0.5, 0.6) is 0 Å². The predicted octanol–water partition coefficient (Wildman–Crippen LogP) is 2.70. The van der Waals surface area contributed by atoms with Gasteiger partial charge in [0, 0.05) is 17.5 Å². The Bertz CT molecular complexity index is 616. The van der Waals surface area contributed by atoms with Crippen molar-refractivity contribution in [1.82, 2.24) is 10.6 Å². The van der Waals surface area contributed by atoms with Gasteiger partial charge in [0.2, 0.25) is 5.91 Å². The van der Waals surface area contributed by atoms with Gasteiger partial charge in [-0.25, -0.2) is 0 Å². The molecule has 1 aliphatic carbocycles. The monoisotopic (exact) mass is 371 g/mol. The Balaban J connectivity index is 0.00000208.